The van der Waals surface area contributed by atoms with Crippen LogP contribution in [0, 0.1) is 0 Å². The minimum atomic E-state index is -0.331. The van der Waals surface area contributed by atoms with E-state index in [9.17, 15) is 9.59 Å². The van der Waals surface area contributed by atoms with Gasteiger partial charge in [0, 0.05) is 10.7 Å². The number of carbonyl (C=O) groups is 2. The lowest BCUT2D eigenvalue weighted by atomic mass is 10.1. The van der Waals surface area contributed by atoms with Crippen molar-refractivity contribution in [2.24, 2.45) is 0 Å². The Kier molecular flexibility index (Phi) is 5.43. The van der Waals surface area contributed by atoms with E-state index in [-0.39, 0.29) is 18.4 Å². The molecule has 0 aromatic heterocycles. The molecule has 3 aromatic carbocycles. The summed E-state index contributed by atoms with van der Waals surface area (Å²) in [5.41, 5.74) is 2.43. The summed E-state index contributed by atoms with van der Waals surface area (Å²) >= 11 is 12.0. The summed E-state index contributed by atoms with van der Waals surface area (Å²) in [4.78, 5) is 26.7. The van der Waals surface area contributed by atoms with Crippen molar-refractivity contribution >= 4 is 46.4 Å². The second-order valence-corrected chi connectivity index (χ2v) is 7.36. The Morgan fingerprint density at radius 3 is 2.55 bits per heavy atom. The normalized spacial score (nSPS) is 12.9. The second kappa shape index (κ2) is 8.15. The lowest BCUT2D eigenvalue weighted by Gasteiger charge is -2.30. The summed E-state index contributed by atoms with van der Waals surface area (Å²) in [6.07, 6.45) is 0. The number of anilines is 2. The minimum Gasteiger partial charge on any atom is -0.482 e. The Balaban J connectivity index is 1.61. The minimum absolute atomic E-state index is 0.0358. The number of amides is 2. The van der Waals surface area contributed by atoms with Crippen LogP contribution in [0.4, 0.5) is 11.4 Å². The summed E-state index contributed by atoms with van der Waals surface area (Å²) in [6, 6.07) is 19.3. The average molecular weight is 427 g/mol. The van der Waals surface area contributed by atoms with Gasteiger partial charge in [-0.05, 0) is 48.0 Å². The van der Waals surface area contributed by atoms with Crippen molar-refractivity contribution < 1.29 is 14.3 Å². The third-order valence-corrected chi connectivity index (χ3v) is 5.11. The molecule has 4 rings (SSSR count). The van der Waals surface area contributed by atoms with Gasteiger partial charge in [0.15, 0.2) is 6.61 Å². The van der Waals surface area contributed by atoms with E-state index in [4.69, 9.17) is 27.9 Å². The fourth-order valence-corrected chi connectivity index (χ4v) is 3.42. The number of carbonyl (C=O) groups excluding carboxylic acids is 2. The standard InChI is InChI=1S/C22H16Cl2N2O3/c23-15-7-5-14(6-8-15)12-26-19-11-16(9-10-20(19)29-13-21(26)27)25-22(28)17-3-1-2-4-18(17)24/h1-11H,12-13H2,(H,25,28). The van der Waals surface area contributed by atoms with Crippen LogP contribution >= 0.6 is 23.2 Å². The van der Waals surface area contributed by atoms with E-state index in [1.54, 1.807) is 59.5 Å². The average Bonchev–Trinajstić information content (AvgIpc) is 2.72. The van der Waals surface area contributed by atoms with Crippen LogP contribution in [0.5, 0.6) is 5.75 Å². The van der Waals surface area contributed by atoms with Gasteiger partial charge < -0.3 is 15.0 Å². The highest BCUT2D eigenvalue weighted by atomic mass is 35.5. The summed E-state index contributed by atoms with van der Waals surface area (Å²) in [7, 11) is 0. The highest BCUT2D eigenvalue weighted by molar-refractivity contribution is 6.34. The molecule has 0 radical (unpaired) electrons. The Morgan fingerprint density at radius 1 is 1.03 bits per heavy atom. The SMILES string of the molecule is O=C(Nc1ccc2c(c1)N(Cc1ccc(Cl)cc1)C(=O)CO2)c1ccccc1Cl. The molecule has 3 aromatic rings. The van der Waals surface area contributed by atoms with Crippen LogP contribution in [0.2, 0.25) is 10.0 Å². The molecular weight excluding hydrogens is 411 g/mol. The first kappa shape index (κ1) is 19.3. The first-order valence-electron chi connectivity index (χ1n) is 8.89. The van der Waals surface area contributed by atoms with Gasteiger partial charge >= 0.3 is 0 Å². The van der Waals surface area contributed by atoms with Crippen molar-refractivity contribution in [2.45, 2.75) is 6.54 Å². The van der Waals surface area contributed by atoms with Gasteiger partial charge in [-0.25, -0.2) is 0 Å². The van der Waals surface area contributed by atoms with E-state index in [1.165, 1.54) is 0 Å². The molecule has 5 nitrogen and oxygen atoms in total. The van der Waals surface area contributed by atoms with Gasteiger partial charge in [-0.2, -0.15) is 0 Å². The molecule has 0 fully saturated rings. The highest BCUT2D eigenvalue weighted by Gasteiger charge is 2.26. The molecular formula is C22H16Cl2N2O3. The molecule has 0 spiro atoms. The number of nitrogens with one attached hydrogen (secondary N) is 1. The number of halogens is 2. The monoisotopic (exact) mass is 426 g/mol. The van der Waals surface area contributed by atoms with Gasteiger partial charge in [-0.1, -0.05) is 47.5 Å². The Hall–Kier alpha value is -3.02. The van der Waals surface area contributed by atoms with Crippen LogP contribution in [-0.4, -0.2) is 18.4 Å². The van der Waals surface area contributed by atoms with Crippen molar-refractivity contribution in [3.8, 4) is 5.75 Å². The summed E-state index contributed by atoms with van der Waals surface area (Å²) in [5, 5.41) is 3.82. The predicted molar refractivity (Wildman–Crippen MR) is 114 cm³/mol. The highest BCUT2D eigenvalue weighted by Crippen LogP contribution is 2.36. The van der Waals surface area contributed by atoms with Crippen LogP contribution in [0.1, 0.15) is 15.9 Å². The van der Waals surface area contributed by atoms with Crippen molar-refractivity contribution in [3.05, 3.63) is 87.9 Å². The van der Waals surface area contributed by atoms with Gasteiger partial charge in [-0.15, -0.1) is 0 Å². The zero-order valence-corrected chi connectivity index (χ0v) is 16.7. The van der Waals surface area contributed by atoms with E-state index >= 15 is 0 Å². The van der Waals surface area contributed by atoms with Crippen molar-refractivity contribution in [1.29, 1.82) is 0 Å². The number of rotatable bonds is 4. The number of hydrogen-bond donors (Lipinski definition) is 1. The molecule has 0 aliphatic carbocycles. The van der Waals surface area contributed by atoms with Gasteiger partial charge in [0.05, 0.1) is 22.8 Å². The van der Waals surface area contributed by atoms with Gasteiger partial charge in [-0.3, -0.25) is 9.59 Å². The quantitative estimate of drug-likeness (QED) is 0.625. The zero-order valence-electron chi connectivity index (χ0n) is 15.2. The zero-order chi connectivity index (χ0) is 20.4. The van der Waals surface area contributed by atoms with Crippen molar-refractivity contribution in [1.82, 2.24) is 0 Å². The lowest BCUT2D eigenvalue weighted by Crippen LogP contribution is -2.38. The molecule has 1 aliphatic rings. The van der Waals surface area contributed by atoms with Gasteiger partial charge in [0.2, 0.25) is 0 Å². The molecule has 1 aliphatic heterocycles. The number of nitrogens with zero attached hydrogens (tertiary/aromatic N) is 1. The first-order chi connectivity index (χ1) is 14.0. The van der Waals surface area contributed by atoms with Crippen LogP contribution in [0.25, 0.3) is 0 Å². The van der Waals surface area contributed by atoms with Crippen molar-refractivity contribution in [2.75, 3.05) is 16.8 Å². The largest absolute Gasteiger partial charge is 0.482 e. The number of hydrogen-bond acceptors (Lipinski definition) is 3. The molecule has 146 valence electrons. The summed E-state index contributed by atoms with van der Waals surface area (Å²) in [5.74, 6) is 0.0826. The van der Waals surface area contributed by atoms with E-state index in [2.05, 4.69) is 5.32 Å². The Morgan fingerprint density at radius 2 is 1.79 bits per heavy atom. The molecule has 2 amide bonds. The maximum Gasteiger partial charge on any atom is 0.265 e. The lowest BCUT2D eigenvalue weighted by molar-refractivity contribution is -0.121. The van der Waals surface area contributed by atoms with Crippen LogP contribution in [-0.2, 0) is 11.3 Å². The number of ether oxygens (including phenoxy) is 1. The van der Waals surface area contributed by atoms with Crippen LogP contribution in [0.15, 0.2) is 66.7 Å². The molecule has 7 heteroatoms. The fraction of sp³-hybridized carbons (Fsp3) is 0.0909. The molecule has 0 saturated heterocycles. The molecule has 1 N–H and O–H groups in total. The Labute approximate surface area is 177 Å². The molecule has 0 bridgehead atoms. The smallest absolute Gasteiger partial charge is 0.265 e. The molecule has 29 heavy (non-hydrogen) atoms. The third kappa shape index (κ3) is 4.21. The van der Waals surface area contributed by atoms with Crippen LogP contribution < -0.4 is 15.0 Å². The van der Waals surface area contributed by atoms with E-state index in [0.29, 0.717) is 39.3 Å². The third-order valence-electron chi connectivity index (χ3n) is 4.53. The predicted octanol–water partition coefficient (Wildman–Crippen LogP) is 5.17. The molecule has 1 heterocycles. The summed E-state index contributed by atoms with van der Waals surface area (Å²) in [6.45, 7) is 0.334. The van der Waals surface area contributed by atoms with E-state index < -0.39 is 0 Å². The molecule has 0 saturated carbocycles. The van der Waals surface area contributed by atoms with Gasteiger partial charge in [0.1, 0.15) is 5.75 Å². The van der Waals surface area contributed by atoms with E-state index in [1.807, 2.05) is 12.1 Å². The van der Waals surface area contributed by atoms with Crippen LogP contribution in [0.3, 0.4) is 0 Å². The Bertz CT molecular complexity index is 1080. The van der Waals surface area contributed by atoms with Crippen molar-refractivity contribution in [3.63, 3.8) is 0 Å². The van der Waals surface area contributed by atoms with E-state index in [0.717, 1.165) is 5.56 Å². The molecule has 0 unspecified atom stereocenters. The number of fused-ring (bicyclic) bond motifs is 1. The second-order valence-electron chi connectivity index (χ2n) is 6.51. The maximum absolute atomic E-state index is 12.6. The topological polar surface area (TPSA) is 58.6 Å². The fourth-order valence-electron chi connectivity index (χ4n) is 3.07. The summed E-state index contributed by atoms with van der Waals surface area (Å²) < 4.78 is 5.54. The van der Waals surface area contributed by atoms with Gasteiger partial charge in [0.25, 0.3) is 11.8 Å². The molecule has 0 atom stereocenters. The first-order valence-corrected chi connectivity index (χ1v) is 9.64. The maximum atomic E-state index is 12.6. The number of benzene rings is 3.